The standard InChI is InChI=1S/C11H15Cl2NO3S/c1-7(2)18(15,16)4-3-17-11-9(12)5-8(14)6-10(11)13/h5-7H,3-4,14H2,1-2H3. The van der Waals surface area contributed by atoms with Crippen LogP contribution in [0.3, 0.4) is 0 Å². The number of rotatable bonds is 5. The first-order valence-corrected chi connectivity index (χ1v) is 7.80. The van der Waals surface area contributed by atoms with Crippen LogP contribution in [0, 0.1) is 0 Å². The van der Waals surface area contributed by atoms with E-state index in [4.69, 9.17) is 33.7 Å². The molecule has 2 N–H and O–H groups in total. The first kappa shape index (κ1) is 15.4. The lowest BCUT2D eigenvalue weighted by Crippen LogP contribution is -2.22. The summed E-state index contributed by atoms with van der Waals surface area (Å²) in [4.78, 5) is 0. The van der Waals surface area contributed by atoms with Crippen molar-refractivity contribution in [3.8, 4) is 5.75 Å². The monoisotopic (exact) mass is 311 g/mol. The Morgan fingerprint density at radius 1 is 1.28 bits per heavy atom. The van der Waals surface area contributed by atoms with Crippen LogP contribution in [-0.2, 0) is 9.84 Å². The smallest absolute Gasteiger partial charge is 0.156 e. The molecule has 1 aromatic carbocycles. The molecule has 0 saturated heterocycles. The van der Waals surface area contributed by atoms with Crippen molar-refractivity contribution in [1.82, 2.24) is 0 Å². The van der Waals surface area contributed by atoms with Crippen molar-refractivity contribution in [3.63, 3.8) is 0 Å². The Labute approximate surface area is 117 Å². The van der Waals surface area contributed by atoms with Gasteiger partial charge in [0.15, 0.2) is 15.6 Å². The number of ether oxygens (including phenoxy) is 1. The number of hydrogen-bond donors (Lipinski definition) is 1. The maximum atomic E-state index is 11.6. The van der Waals surface area contributed by atoms with E-state index in [-0.39, 0.29) is 28.2 Å². The zero-order chi connectivity index (χ0) is 13.9. The largest absolute Gasteiger partial charge is 0.489 e. The van der Waals surface area contributed by atoms with Crippen molar-refractivity contribution in [2.24, 2.45) is 0 Å². The van der Waals surface area contributed by atoms with Crippen molar-refractivity contribution < 1.29 is 13.2 Å². The lowest BCUT2D eigenvalue weighted by atomic mass is 10.3. The van der Waals surface area contributed by atoms with Gasteiger partial charge in [-0.05, 0) is 26.0 Å². The van der Waals surface area contributed by atoms with E-state index in [2.05, 4.69) is 0 Å². The van der Waals surface area contributed by atoms with Crippen LogP contribution in [0.4, 0.5) is 5.69 Å². The molecule has 0 heterocycles. The molecule has 1 rings (SSSR count). The molecule has 18 heavy (non-hydrogen) atoms. The van der Waals surface area contributed by atoms with E-state index in [1.807, 2.05) is 0 Å². The van der Waals surface area contributed by atoms with Gasteiger partial charge in [0.25, 0.3) is 0 Å². The van der Waals surface area contributed by atoms with Crippen molar-refractivity contribution >= 4 is 38.7 Å². The minimum Gasteiger partial charge on any atom is -0.489 e. The van der Waals surface area contributed by atoms with Crippen LogP contribution in [-0.4, -0.2) is 26.0 Å². The number of anilines is 1. The number of hydrogen-bond acceptors (Lipinski definition) is 4. The summed E-state index contributed by atoms with van der Waals surface area (Å²) < 4.78 is 28.5. The second kappa shape index (κ2) is 5.99. The Kier molecular flexibility index (Phi) is 5.13. The first-order chi connectivity index (χ1) is 8.24. The van der Waals surface area contributed by atoms with E-state index < -0.39 is 15.1 Å². The molecule has 0 saturated carbocycles. The second-order valence-corrected chi connectivity index (χ2v) is 7.57. The lowest BCUT2D eigenvalue weighted by Gasteiger charge is -2.12. The highest BCUT2D eigenvalue weighted by atomic mass is 35.5. The molecule has 0 aliphatic rings. The number of sulfone groups is 1. The van der Waals surface area contributed by atoms with Crippen LogP contribution >= 0.6 is 23.2 Å². The molecule has 102 valence electrons. The number of nitrogens with two attached hydrogens (primary N) is 1. The molecule has 0 aliphatic carbocycles. The molecular formula is C11H15Cl2NO3S. The topological polar surface area (TPSA) is 69.4 Å². The molecular weight excluding hydrogens is 297 g/mol. The highest BCUT2D eigenvalue weighted by Crippen LogP contribution is 2.35. The van der Waals surface area contributed by atoms with E-state index in [0.29, 0.717) is 5.69 Å². The van der Waals surface area contributed by atoms with E-state index >= 15 is 0 Å². The van der Waals surface area contributed by atoms with Crippen molar-refractivity contribution in [3.05, 3.63) is 22.2 Å². The maximum Gasteiger partial charge on any atom is 0.156 e. The van der Waals surface area contributed by atoms with Gasteiger partial charge in [-0.1, -0.05) is 23.2 Å². The van der Waals surface area contributed by atoms with Gasteiger partial charge < -0.3 is 10.5 Å². The Morgan fingerprint density at radius 3 is 2.22 bits per heavy atom. The van der Waals surface area contributed by atoms with Gasteiger partial charge >= 0.3 is 0 Å². The summed E-state index contributed by atoms with van der Waals surface area (Å²) >= 11 is 11.8. The molecule has 0 aliphatic heterocycles. The summed E-state index contributed by atoms with van der Waals surface area (Å²) in [6, 6.07) is 3.00. The summed E-state index contributed by atoms with van der Waals surface area (Å²) in [5.41, 5.74) is 5.97. The fraction of sp³-hybridized carbons (Fsp3) is 0.455. The van der Waals surface area contributed by atoms with Gasteiger partial charge in [-0.2, -0.15) is 0 Å². The summed E-state index contributed by atoms with van der Waals surface area (Å²) in [6.45, 7) is 3.25. The van der Waals surface area contributed by atoms with Crippen LogP contribution in [0.1, 0.15) is 13.8 Å². The third-order valence-electron chi connectivity index (χ3n) is 2.35. The van der Waals surface area contributed by atoms with Crippen LogP contribution in [0.25, 0.3) is 0 Å². The summed E-state index contributed by atoms with van der Waals surface area (Å²) in [5, 5.41) is 0.0994. The first-order valence-electron chi connectivity index (χ1n) is 5.33. The SMILES string of the molecule is CC(C)S(=O)(=O)CCOc1c(Cl)cc(N)cc1Cl. The average molecular weight is 312 g/mol. The third-order valence-corrected chi connectivity index (χ3v) is 5.09. The Bertz CT molecular complexity index is 506. The van der Waals surface area contributed by atoms with E-state index in [1.165, 1.54) is 12.1 Å². The lowest BCUT2D eigenvalue weighted by molar-refractivity contribution is 0.341. The molecule has 0 amide bonds. The number of halogens is 2. The van der Waals surface area contributed by atoms with Crippen LogP contribution in [0.2, 0.25) is 10.0 Å². The molecule has 1 aromatic rings. The normalized spacial score (nSPS) is 11.8. The minimum absolute atomic E-state index is 0.00384. The predicted molar refractivity (Wildman–Crippen MR) is 75.3 cm³/mol. The van der Waals surface area contributed by atoms with E-state index in [9.17, 15) is 8.42 Å². The van der Waals surface area contributed by atoms with E-state index in [0.717, 1.165) is 0 Å². The zero-order valence-electron chi connectivity index (χ0n) is 10.1. The fourth-order valence-corrected chi connectivity index (χ4v) is 2.61. The Hall–Kier alpha value is -0.650. The molecule has 0 fully saturated rings. The van der Waals surface area contributed by atoms with Gasteiger partial charge in [0.1, 0.15) is 6.61 Å². The Morgan fingerprint density at radius 2 is 1.78 bits per heavy atom. The fourth-order valence-electron chi connectivity index (χ4n) is 1.21. The summed E-state index contributed by atoms with van der Waals surface area (Å²) in [5.74, 6) is 0.174. The van der Waals surface area contributed by atoms with Gasteiger partial charge in [-0.3, -0.25) is 0 Å². The molecule has 0 radical (unpaired) electrons. The van der Waals surface area contributed by atoms with Crippen molar-refractivity contribution in [2.45, 2.75) is 19.1 Å². The van der Waals surface area contributed by atoms with E-state index in [1.54, 1.807) is 13.8 Å². The molecule has 0 spiro atoms. The molecule has 7 heteroatoms. The van der Waals surface area contributed by atoms with Gasteiger partial charge in [0, 0.05) is 5.69 Å². The average Bonchev–Trinajstić information content (AvgIpc) is 2.21. The van der Waals surface area contributed by atoms with Crippen LogP contribution in [0.5, 0.6) is 5.75 Å². The van der Waals surface area contributed by atoms with Crippen molar-refractivity contribution in [1.29, 1.82) is 0 Å². The van der Waals surface area contributed by atoms with Crippen molar-refractivity contribution in [2.75, 3.05) is 18.1 Å². The number of nitrogen functional groups attached to an aromatic ring is 1. The highest BCUT2D eigenvalue weighted by Gasteiger charge is 2.17. The molecule has 0 aromatic heterocycles. The highest BCUT2D eigenvalue weighted by molar-refractivity contribution is 7.91. The number of benzene rings is 1. The van der Waals surface area contributed by atoms with Gasteiger partial charge in [-0.25, -0.2) is 8.42 Å². The summed E-state index contributed by atoms with van der Waals surface area (Å²) in [6.07, 6.45) is 0. The van der Waals surface area contributed by atoms with Gasteiger partial charge in [0.2, 0.25) is 0 Å². The Balaban J connectivity index is 2.71. The molecule has 4 nitrogen and oxygen atoms in total. The third kappa shape index (κ3) is 3.93. The zero-order valence-corrected chi connectivity index (χ0v) is 12.4. The van der Waals surface area contributed by atoms with Gasteiger partial charge in [0.05, 0.1) is 21.0 Å². The molecule has 0 unspecified atom stereocenters. The quantitative estimate of drug-likeness (QED) is 0.849. The maximum absolute atomic E-state index is 11.6. The summed E-state index contributed by atoms with van der Waals surface area (Å²) in [7, 11) is -3.14. The second-order valence-electron chi connectivity index (χ2n) is 4.08. The van der Waals surface area contributed by atoms with Gasteiger partial charge in [-0.15, -0.1) is 0 Å². The van der Waals surface area contributed by atoms with Crippen LogP contribution < -0.4 is 10.5 Å². The van der Waals surface area contributed by atoms with Crippen LogP contribution in [0.15, 0.2) is 12.1 Å². The predicted octanol–water partition coefficient (Wildman–Crippen LogP) is 2.78. The minimum atomic E-state index is -3.14. The molecule has 0 atom stereocenters. The molecule has 0 bridgehead atoms.